The van der Waals surface area contributed by atoms with E-state index in [1.807, 2.05) is 0 Å². The average molecular weight is 1150 g/mol. The lowest BCUT2D eigenvalue weighted by atomic mass is 10.0. The van der Waals surface area contributed by atoms with Gasteiger partial charge in [-0.3, -0.25) is 14.4 Å². The lowest BCUT2D eigenvalue weighted by molar-refractivity contribution is -0.167. The molecule has 0 N–H and O–H groups in total. The lowest BCUT2D eigenvalue weighted by Crippen LogP contribution is -2.30. The fourth-order valence-electron chi connectivity index (χ4n) is 11.6. The molecule has 0 aliphatic rings. The van der Waals surface area contributed by atoms with Crippen molar-refractivity contribution in [2.24, 2.45) is 0 Å². The van der Waals surface area contributed by atoms with Crippen LogP contribution in [0.15, 0.2) is 24.3 Å². The highest BCUT2D eigenvalue weighted by Crippen LogP contribution is 2.19. The summed E-state index contributed by atoms with van der Waals surface area (Å²) < 4.78 is 17.0. The highest BCUT2D eigenvalue weighted by atomic mass is 16.6. The Hall–Kier alpha value is -2.11. The summed E-state index contributed by atoms with van der Waals surface area (Å²) in [6.07, 6.45) is 88.0. The summed E-state index contributed by atoms with van der Waals surface area (Å²) in [7, 11) is 0. The summed E-state index contributed by atoms with van der Waals surface area (Å²) in [6, 6.07) is 0. The Morgan fingerprint density at radius 2 is 0.402 bits per heavy atom. The molecular formula is C76H144O6. The Balaban J connectivity index is 4.22. The summed E-state index contributed by atoms with van der Waals surface area (Å²) in [5, 5.41) is 0. The number of carbonyl (C=O) groups is 3. The second-order valence-corrected chi connectivity index (χ2v) is 25.6. The molecule has 82 heavy (non-hydrogen) atoms. The van der Waals surface area contributed by atoms with E-state index < -0.39 is 6.10 Å². The molecule has 0 aromatic rings. The first-order valence-electron chi connectivity index (χ1n) is 37.3. The van der Waals surface area contributed by atoms with Crippen LogP contribution in [0.4, 0.5) is 0 Å². The summed E-state index contributed by atoms with van der Waals surface area (Å²) >= 11 is 0. The van der Waals surface area contributed by atoms with Crippen LogP contribution >= 0.6 is 0 Å². The van der Waals surface area contributed by atoms with Crippen molar-refractivity contribution in [2.75, 3.05) is 13.2 Å². The molecule has 0 aliphatic carbocycles. The second-order valence-electron chi connectivity index (χ2n) is 25.6. The molecule has 0 fully saturated rings. The van der Waals surface area contributed by atoms with Crippen molar-refractivity contribution in [3.8, 4) is 0 Å². The van der Waals surface area contributed by atoms with Gasteiger partial charge in [0, 0.05) is 19.3 Å². The molecule has 0 amide bonds. The molecule has 1 unspecified atom stereocenters. The van der Waals surface area contributed by atoms with Gasteiger partial charge in [-0.15, -0.1) is 0 Å². The minimum atomic E-state index is -0.774. The topological polar surface area (TPSA) is 78.9 Å². The van der Waals surface area contributed by atoms with Gasteiger partial charge in [0.05, 0.1) is 0 Å². The molecule has 0 saturated heterocycles. The number of hydrogen-bond acceptors (Lipinski definition) is 6. The van der Waals surface area contributed by atoms with E-state index in [0.717, 1.165) is 64.2 Å². The summed E-state index contributed by atoms with van der Waals surface area (Å²) in [5.41, 5.74) is 0. The van der Waals surface area contributed by atoms with Gasteiger partial charge in [-0.05, 0) is 70.6 Å². The monoisotopic (exact) mass is 1150 g/mol. The zero-order chi connectivity index (χ0) is 59.2. The Morgan fingerprint density at radius 1 is 0.232 bits per heavy atom. The van der Waals surface area contributed by atoms with Crippen LogP contribution in [0.1, 0.15) is 425 Å². The fraction of sp³-hybridized carbons (Fsp3) is 0.908. The third-order valence-corrected chi connectivity index (χ3v) is 17.2. The zero-order valence-electron chi connectivity index (χ0n) is 55.8. The largest absolute Gasteiger partial charge is 0.462 e. The highest BCUT2D eigenvalue weighted by molar-refractivity contribution is 5.71. The van der Waals surface area contributed by atoms with Gasteiger partial charge in [-0.25, -0.2) is 0 Å². The third kappa shape index (κ3) is 68.7. The van der Waals surface area contributed by atoms with Crippen LogP contribution in [-0.4, -0.2) is 37.2 Å². The third-order valence-electron chi connectivity index (χ3n) is 17.2. The van der Waals surface area contributed by atoms with Crippen LogP contribution in [0, 0.1) is 0 Å². The molecular weight excluding hydrogens is 1010 g/mol. The number of allylic oxidation sites excluding steroid dienone is 4. The van der Waals surface area contributed by atoms with E-state index in [2.05, 4.69) is 45.1 Å². The van der Waals surface area contributed by atoms with Crippen LogP contribution < -0.4 is 0 Å². The molecule has 0 heterocycles. The van der Waals surface area contributed by atoms with Crippen molar-refractivity contribution in [3.05, 3.63) is 24.3 Å². The number of hydrogen-bond donors (Lipinski definition) is 0. The molecule has 0 spiro atoms. The Morgan fingerprint density at radius 3 is 0.610 bits per heavy atom. The molecule has 6 heteroatoms. The molecule has 6 nitrogen and oxygen atoms in total. The standard InChI is InChI=1S/C76H144O6/c1-4-7-10-13-16-19-22-25-28-30-32-34-35-36-37-38-39-40-42-43-45-48-51-54-57-60-63-66-69-75(78)81-72-73(71-80-74(77)68-65-62-59-56-53-50-47-27-24-21-18-15-12-9-6-3)82-76(79)70-67-64-61-58-55-52-49-46-44-41-33-31-29-26-23-20-17-14-11-8-5-2/h27,31,33,47,73H,4-26,28-30,32,34-46,48-72H2,1-3H3/b33-31-,47-27-. The molecule has 0 saturated carbocycles. The first-order valence-corrected chi connectivity index (χ1v) is 37.3. The van der Waals surface area contributed by atoms with E-state index in [-0.39, 0.29) is 31.1 Å². The number of rotatable bonds is 70. The molecule has 0 aromatic heterocycles. The van der Waals surface area contributed by atoms with Gasteiger partial charge in [-0.2, -0.15) is 0 Å². The average Bonchev–Trinajstić information content (AvgIpc) is 3.47. The highest BCUT2D eigenvalue weighted by Gasteiger charge is 2.20. The fourth-order valence-corrected chi connectivity index (χ4v) is 11.6. The molecule has 0 bridgehead atoms. The van der Waals surface area contributed by atoms with Crippen molar-refractivity contribution in [2.45, 2.75) is 431 Å². The molecule has 0 radical (unpaired) electrons. The van der Waals surface area contributed by atoms with E-state index >= 15 is 0 Å². The van der Waals surface area contributed by atoms with E-state index in [1.165, 1.54) is 321 Å². The molecule has 0 aromatic carbocycles. The lowest BCUT2D eigenvalue weighted by Gasteiger charge is -2.18. The predicted octanol–water partition coefficient (Wildman–Crippen LogP) is 25.7. The number of esters is 3. The zero-order valence-corrected chi connectivity index (χ0v) is 55.8. The molecule has 0 rings (SSSR count). The predicted molar refractivity (Wildman–Crippen MR) is 358 cm³/mol. The number of ether oxygens (including phenoxy) is 3. The minimum absolute atomic E-state index is 0.0691. The van der Waals surface area contributed by atoms with Crippen LogP contribution in [0.25, 0.3) is 0 Å². The van der Waals surface area contributed by atoms with E-state index in [0.29, 0.717) is 19.3 Å². The number of unbranched alkanes of at least 4 members (excludes halogenated alkanes) is 55. The smallest absolute Gasteiger partial charge is 0.306 e. The molecule has 1 atom stereocenters. The van der Waals surface area contributed by atoms with Crippen molar-refractivity contribution in [3.63, 3.8) is 0 Å². The van der Waals surface area contributed by atoms with Gasteiger partial charge < -0.3 is 14.2 Å². The van der Waals surface area contributed by atoms with Crippen molar-refractivity contribution in [1.82, 2.24) is 0 Å². The van der Waals surface area contributed by atoms with Crippen LogP contribution in [-0.2, 0) is 28.6 Å². The quantitative estimate of drug-likeness (QED) is 0.0261. The SMILES string of the molecule is CCCCCCCC/C=C\CCCCCCCC(=O)OCC(COC(=O)CCCCCCCCCCCCCCCCCCCCCCCCCCCCCC)OC(=O)CCCCCCCCCCC/C=C\CCCCCCCCCC. The van der Waals surface area contributed by atoms with Crippen molar-refractivity contribution >= 4 is 17.9 Å². The van der Waals surface area contributed by atoms with Gasteiger partial charge >= 0.3 is 17.9 Å². The van der Waals surface area contributed by atoms with Crippen LogP contribution in [0.2, 0.25) is 0 Å². The Labute approximate surface area is 513 Å². The van der Waals surface area contributed by atoms with Crippen molar-refractivity contribution in [1.29, 1.82) is 0 Å². The second kappa shape index (κ2) is 71.4. The van der Waals surface area contributed by atoms with Gasteiger partial charge in [0.15, 0.2) is 6.10 Å². The van der Waals surface area contributed by atoms with E-state index in [1.54, 1.807) is 0 Å². The van der Waals surface area contributed by atoms with Gasteiger partial charge in [0.2, 0.25) is 0 Å². The van der Waals surface area contributed by atoms with Gasteiger partial charge in [-0.1, -0.05) is 360 Å². The minimum Gasteiger partial charge on any atom is -0.462 e. The Bertz CT molecular complexity index is 1320. The first-order chi connectivity index (χ1) is 40.5. The van der Waals surface area contributed by atoms with E-state index in [9.17, 15) is 14.4 Å². The Kier molecular flexibility index (Phi) is 69.5. The number of carbonyl (C=O) groups excluding carboxylic acids is 3. The van der Waals surface area contributed by atoms with Crippen LogP contribution in [0.5, 0.6) is 0 Å². The maximum absolute atomic E-state index is 13.0. The van der Waals surface area contributed by atoms with Gasteiger partial charge in [0.25, 0.3) is 0 Å². The van der Waals surface area contributed by atoms with Gasteiger partial charge in [0.1, 0.15) is 13.2 Å². The molecule has 484 valence electrons. The summed E-state index contributed by atoms with van der Waals surface area (Å²) in [4.78, 5) is 38.5. The first kappa shape index (κ1) is 79.9. The summed E-state index contributed by atoms with van der Waals surface area (Å²) in [6.45, 7) is 6.71. The summed E-state index contributed by atoms with van der Waals surface area (Å²) in [5.74, 6) is -0.847. The normalized spacial score (nSPS) is 12.1. The van der Waals surface area contributed by atoms with E-state index in [4.69, 9.17) is 14.2 Å². The maximum Gasteiger partial charge on any atom is 0.306 e. The van der Waals surface area contributed by atoms with Crippen molar-refractivity contribution < 1.29 is 28.6 Å². The maximum atomic E-state index is 13.0. The molecule has 0 aliphatic heterocycles. The van der Waals surface area contributed by atoms with Crippen LogP contribution in [0.3, 0.4) is 0 Å².